The summed E-state index contributed by atoms with van der Waals surface area (Å²) in [6.45, 7) is 2.24. The Kier molecular flexibility index (Phi) is 6.79. The molecule has 0 saturated carbocycles. The van der Waals surface area contributed by atoms with E-state index in [4.69, 9.17) is 4.74 Å². The van der Waals surface area contributed by atoms with Crippen LogP contribution in [0.2, 0.25) is 0 Å². The molecule has 2 heterocycles. The zero-order valence-corrected chi connectivity index (χ0v) is 18.6. The van der Waals surface area contributed by atoms with Gasteiger partial charge in [0.25, 0.3) is 9.84 Å². The fourth-order valence-corrected chi connectivity index (χ4v) is 5.13. The summed E-state index contributed by atoms with van der Waals surface area (Å²) in [4.78, 5) is 21.0. The van der Waals surface area contributed by atoms with E-state index < -0.39 is 26.1 Å². The molecule has 0 radical (unpaired) electrons. The van der Waals surface area contributed by atoms with E-state index in [2.05, 4.69) is 15.3 Å². The van der Waals surface area contributed by atoms with Gasteiger partial charge in [-0.3, -0.25) is 4.79 Å². The van der Waals surface area contributed by atoms with Crippen LogP contribution in [0, 0.1) is 6.92 Å². The van der Waals surface area contributed by atoms with Gasteiger partial charge in [0.05, 0.1) is 34.2 Å². The van der Waals surface area contributed by atoms with Crippen LogP contribution in [0.15, 0.2) is 34.5 Å². The van der Waals surface area contributed by atoms with Crippen molar-refractivity contribution in [1.82, 2.24) is 9.97 Å². The monoisotopic (exact) mass is 491 g/mol. The first-order valence-electron chi connectivity index (χ1n) is 8.62. The number of alkyl halides is 3. The van der Waals surface area contributed by atoms with Crippen LogP contribution in [0.4, 0.5) is 18.3 Å². The quantitative estimate of drug-likeness (QED) is 0.532. The second-order valence-corrected chi connectivity index (χ2v) is 10.2. The number of halogens is 3. The van der Waals surface area contributed by atoms with E-state index in [-0.39, 0.29) is 6.42 Å². The van der Waals surface area contributed by atoms with Gasteiger partial charge in [0.2, 0.25) is 5.91 Å². The van der Waals surface area contributed by atoms with Crippen molar-refractivity contribution in [2.24, 2.45) is 0 Å². The number of nitrogens with one attached hydrogen (secondary N) is 1. The van der Waals surface area contributed by atoms with E-state index in [0.717, 1.165) is 27.7 Å². The lowest BCUT2D eigenvalue weighted by Crippen LogP contribution is -2.23. The summed E-state index contributed by atoms with van der Waals surface area (Å²) in [5, 5.41) is 5.58. The number of thiazole rings is 2. The molecule has 0 spiro atoms. The Morgan fingerprint density at radius 1 is 1.19 bits per heavy atom. The van der Waals surface area contributed by atoms with Crippen LogP contribution in [0.3, 0.4) is 0 Å². The number of ether oxygens (including phenoxy) is 1. The van der Waals surface area contributed by atoms with Crippen molar-refractivity contribution >= 4 is 43.5 Å². The molecule has 0 atom stereocenters. The third kappa shape index (κ3) is 5.29. The Hall–Kier alpha value is -2.35. The molecule has 0 aliphatic rings. The number of amides is 1. The third-order valence-electron chi connectivity index (χ3n) is 3.99. The molecule has 0 aliphatic heterocycles. The Morgan fingerprint density at radius 3 is 2.48 bits per heavy atom. The van der Waals surface area contributed by atoms with Gasteiger partial charge in [-0.05, 0) is 24.6 Å². The Morgan fingerprint density at radius 2 is 1.87 bits per heavy atom. The smallest absolute Gasteiger partial charge is 0.378 e. The van der Waals surface area contributed by atoms with Crippen molar-refractivity contribution in [2.45, 2.75) is 30.4 Å². The van der Waals surface area contributed by atoms with Crippen LogP contribution >= 0.6 is 22.7 Å². The van der Waals surface area contributed by atoms with Crippen molar-refractivity contribution in [3.8, 4) is 10.6 Å². The Bertz CT molecular complexity index is 1190. The van der Waals surface area contributed by atoms with Crippen molar-refractivity contribution in [3.05, 3.63) is 45.9 Å². The lowest BCUT2D eigenvalue weighted by atomic mass is 10.1. The largest absolute Gasteiger partial charge is 0.501 e. The highest BCUT2D eigenvalue weighted by Crippen LogP contribution is 2.33. The number of anilines is 1. The summed E-state index contributed by atoms with van der Waals surface area (Å²) in [6.07, 6.45) is -0.154. The van der Waals surface area contributed by atoms with Gasteiger partial charge in [0.15, 0.2) is 5.13 Å². The van der Waals surface area contributed by atoms with Crippen LogP contribution in [0.1, 0.15) is 16.3 Å². The first-order valence-corrected chi connectivity index (χ1v) is 11.8. The van der Waals surface area contributed by atoms with Gasteiger partial charge in [-0.2, -0.15) is 13.2 Å². The first kappa shape index (κ1) is 23.3. The first-order chi connectivity index (χ1) is 14.5. The van der Waals surface area contributed by atoms with Crippen LogP contribution < -0.4 is 5.32 Å². The predicted octanol–water partition coefficient (Wildman–Crippen LogP) is 4.20. The molecule has 7 nitrogen and oxygen atoms in total. The molecule has 2 aromatic heterocycles. The van der Waals surface area contributed by atoms with Crippen molar-refractivity contribution in [2.75, 3.05) is 12.4 Å². The van der Waals surface area contributed by atoms with Crippen molar-refractivity contribution in [3.63, 3.8) is 0 Å². The van der Waals surface area contributed by atoms with Gasteiger partial charge >= 0.3 is 5.51 Å². The summed E-state index contributed by atoms with van der Waals surface area (Å²) in [5.74, 6) is -0.437. The lowest BCUT2D eigenvalue weighted by Gasteiger charge is -2.08. The highest BCUT2D eigenvalue weighted by Gasteiger charge is 2.46. The molecular weight excluding hydrogens is 475 g/mol. The van der Waals surface area contributed by atoms with Crippen molar-refractivity contribution in [1.29, 1.82) is 0 Å². The molecule has 166 valence electrons. The number of hydrogen-bond donors (Lipinski definition) is 1. The maximum absolute atomic E-state index is 12.6. The molecule has 1 N–H and O–H groups in total. The molecule has 13 heteroatoms. The minimum atomic E-state index is -5.42. The fourth-order valence-electron chi connectivity index (χ4n) is 2.58. The number of carbonyl (C=O) groups is 1. The van der Waals surface area contributed by atoms with E-state index in [1.165, 1.54) is 34.8 Å². The molecular formula is C18H16F3N3O4S3. The number of sulfone groups is 1. The van der Waals surface area contributed by atoms with Crippen LogP contribution in [0.5, 0.6) is 0 Å². The second kappa shape index (κ2) is 9.02. The molecule has 0 saturated heterocycles. The number of nitrogens with zero attached hydrogens (tertiary/aromatic N) is 2. The van der Waals surface area contributed by atoms with Crippen LogP contribution in [0.25, 0.3) is 10.6 Å². The number of aryl methyl sites for hydroxylation is 1. The standard InChI is InChI=1S/C18H16F3N3O4S3/c1-10-16(30-15(22-10)8-28-2)13-9-29-17(23-13)24-14(25)7-11-3-5-12(6-4-11)31(26,27)18(19,20)21/h3-6,9H,7-8H2,1-2H3,(H,23,24,25). The van der Waals surface area contributed by atoms with E-state index in [9.17, 15) is 26.4 Å². The lowest BCUT2D eigenvalue weighted by molar-refractivity contribution is -0.115. The van der Waals surface area contributed by atoms with Gasteiger partial charge in [0, 0.05) is 12.5 Å². The van der Waals surface area contributed by atoms with Gasteiger partial charge in [0.1, 0.15) is 5.01 Å². The minimum Gasteiger partial charge on any atom is -0.378 e. The van der Waals surface area contributed by atoms with Crippen LogP contribution in [-0.4, -0.2) is 36.9 Å². The molecule has 1 aromatic carbocycles. The number of benzene rings is 1. The SMILES string of the molecule is COCc1nc(C)c(-c2csc(NC(=O)Cc3ccc(S(=O)(=O)C(F)(F)F)cc3)n2)s1. The second-order valence-electron chi connectivity index (χ2n) is 6.31. The molecule has 3 rings (SSSR count). The van der Waals surface area contributed by atoms with Crippen molar-refractivity contribution < 1.29 is 31.1 Å². The van der Waals surface area contributed by atoms with Gasteiger partial charge in [-0.1, -0.05) is 12.1 Å². The molecule has 1 amide bonds. The number of rotatable bonds is 7. The fraction of sp³-hybridized carbons (Fsp3) is 0.278. The maximum Gasteiger partial charge on any atom is 0.501 e. The summed E-state index contributed by atoms with van der Waals surface area (Å²) in [6, 6.07) is 4.00. The summed E-state index contributed by atoms with van der Waals surface area (Å²) in [7, 11) is -3.84. The van der Waals surface area contributed by atoms with E-state index in [1.54, 1.807) is 12.5 Å². The Balaban J connectivity index is 1.66. The molecule has 0 aliphatic carbocycles. The zero-order valence-electron chi connectivity index (χ0n) is 16.2. The Labute approximate surface area is 183 Å². The average molecular weight is 492 g/mol. The summed E-state index contributed by atoms with van der Waals surface area (Å²) < 4.78 is 65.6. The predicted molar refractivity (Wildman–Crippen MR) is 111 cm³/mol. The maximum atomic E-state index is 12.6. The molecule has 0 unspecified atom stereocenters. The van der Waals surface area contributed by atoms with Gasteiger partial charge < -0.3 is 10.1 Å². The average Bonchev–Trinajstić information content (AvgIpc) is 3.27. The van der Waals surface area contributed by atoms with Gasteiger partial charge in [-0.25, -0.2) is 18.4 Å². The molecule has 3 aromatic rings. The third-order valence-corrected chi connectivity index (χ3v) is 7.41. The van der Waals surface area contributed by atoms with E-state index in [0.29, 0.717) is 23.0 Å². The van der Waals surface area contributed by atoms with Gasteiger partial charge in [-0.15, -0.1) is 22.7 Å². The highest BCUT2D eigenvalue weighted by atomic mass is 32.2. The molecule has 31 heavy (non-hydrogen) atoms. The number of methoxy groups -OCH3 is 1. The highest BCUT2D eigenvalue weighted by molar-refractivity contribution is 7.92. The van der Waals surface area contributed by atoms with E-state index >= 15 is 0 Å². The number of carbonyl (C=O) groups excluding carboxylic acids is 1. The molecule has 0 bridgehead atoms. The molecule has 0 fully saturated rings. The topological polar surface area (TPSA) is 98.2 Å². The van der Waals surface area contributed by atoms with E-state index in [1.807, 2.05) is 6.92 Å². The summed E-state index contributed by atoms with van der Waals surface area (Å²) in [5.41, 5.74) is -3.55. The number of aromatic nitrogens is 2. The summed E-state index contributed by atoms with van der Waals surface area (Å²) >= 11 is 2.67. The number of hydrogen-bond acceptors (Lipinski definition) is 8. The van der Waals surface area contributed by atoms with Crippen LogP contribution in [-0.2, 0) is 32.4 Å². The normalized spacial score (nSPS) is 12.2. The minimum absolute atomic E-state index is 0.154. The zero-order chi connectivity index (χ0) is 22.8.